The maximum atomic E-state index is 12.1. The average molecular weight is 411 g/mol. The fraction of sp³-hybridized carbons (Fsp3) is 0.632. The van der Waals surface area contributed by atoms with Gasteiger partial charge in [0.2, 0.25) is 0 Å². The van der Waals surface area contributed by atoms with Gasteiger partial charge in [0.15, 0.2) is 0 Å². The fourth-order valence-corrected chi connectivity index (χ4v) is 3.81. The standard InChI is InChI=1S/C19H31BrN4O/c1-14(2)18(23(3)4)12-22-19(25)21-11-15-8-9-24(13-15)17-7-5-6-16(20)10-17/h5-7,10,14-15,18H,8-9,11-13H2,1-4H3,(H2,21,22,25)/t15-,18-/m0/s1. The minimum absolute atomic E-state index is 0.0617. The summed E-state index contributed by atoms with van der Waals surface area (Å²) >= 11 is 3.53. The van der Waals surface area contributed by atoms with Gasteiger partial charge in [-0.15, -0.1) is 0 Å². The summed E-state index contributed by atoms with van der Waals surface area (Å²) in [7, 11) is 4.11. The third-order valence-electron chi connectivity index (χ3n) is 4.92. The Morgan fingerprint density at radius 1 is 1.36 bits per heavy atom. The highest BCUT2D eigenvalue weighted by Gasteiger charge is 2.23. The molecule has 0 aromatic heterocycles. The molecule has 1 saturated heterocycles. The summed E-state index contributed by atoms with van der Waals surface area (Å²) in [6.07, 6.45) is 1.11. The fourth-order valence-electron chi connectivity index (χ4n) is 3.42. The van der Waals surface area contributed by atoms with Gasteiger partial charge in [-0.05, 0) is 50.6 Å². The summed E-state index contributed by atoms with van der Waals surface area (Å²) in [4.78, 5) is 16.6. The molecular weight excluding hydrogens is 380 g/mol. The van der Waals surface area contributed by atoms with Crippen molar-refractivity contribution in [3.05, 3.63) is 28.7 Å². The smallest absolute Gasteiger partial charge is 0.314 e. The SMILES string of the molecule is CC(C)[C@H](CNC(=O)NC[C@@H]1CCN(c2cccc(Br)c2)C1)N(C)C. The number of benzene rings is 1. The first-order valence-electron chi connectivity index (χ1n) is 9.05. The molecule has 0 spiro atoms. The van der Waals surface area contributed by atoms with Crippen molar-refractivity contribution >= 4 is 27.6 Å². The van der Waals surface area contributed by atoms with Crippen LogP contribution in [0.5, 0.6) is 0 Å². The Labute approximate surface area is 160 Å². The molecule has 0 aliphatic carbocycles. The highest BCUT2D eigenvalue weighted by atomic mass is 79.9. The van der Waals surface area contributed by atoms with E-state index in [2.05, 4.69) is 82.5 Å². The molecule has 6 heteroatoms. The van der Waals surface area contributed by atoms with E-state index in [1.54, 1.807) is 0 Å². The van der Waals surface area contributed by atoms with E-state index in [0.29, 0.717) is 24.4 Å². The van der Waals surface area contributed by atoms with Gasteiger partial charge in [0.1, 0.15) is 0 Å². The van der Waals surface area contributed by atoms with E-state index >= 15 is 0 Å². The molecule has 5 nitrogen and oxygen atoms in total. The first-order chi connectivity index (χ1) is 11.9. The molecule has 0 bridgehead atoms. The normalized spacial score (nSPS) is 18.7. The number of amides is 2. The van der Waals surface area contributed by atoms with E-state index in [1.807, 2.05) is 6.07 Å². The van der Waals surface area contributed by atoms with Crippen molar-refractivity contribution in [1.29, 1.82) is 0 Å². The Kier molecular flexibility index (Phi) is 7.56. The number of rotatable bonds is 7. The highest BCUT2D eigenvalue weighted by molar-refractivity contribution is 9.10. The molecule has 1 aromatic rings. The van der Waals surface area contributed by atoms with Gasteiger partial charge < -0.3 is 20.4 Å². The number of carbonyl (C=O) groups is 1. The number of urea groups is 1. The number of halogens is 1. The Morgan fingerprint density at radius 3 is 2.76 bits per heavy atom. The van der Waals surface area contributed by atoms with Crippen LogP contribution in [0.3, 0.4) is 0 Å². The van der Waals surface area contributed by atoms with Crippen molar-refractivity contribution < 1.29 is 4.79 Å². The van der Waals surface area contributed by atoms with Crippen LogP contribution in [0, 0.1) is 11.8 Å². The molecule has 1 aliphatic rings. The molecule has 1 heterocycles. The maximum absolute atomic E-state index is 12.1. The van der Waals surface area contributed by atoms with Gasteiger partial charge in [-0.1, -0.05) is 35.8 Å². The van der Waals surface area contributed by atoms with Crippen molar-refractivity contribution in [3.8, 4) is 0 Å². The zero-order chi connectivity index (χ0) is 18.4. The summed E-state index contributed by atoms with van der Waals surface area (Å²) in [5.41, 5.74) is 1.24. The van der Waals surface area contributed by atoms with Crippen LogP contribution in [0.1, 0.15) is 20.3 Å². The van der Waals surface area contributed by atoms with E-state index in [4.69, 9.17) is 0 Å². The number of anilines is 1. The average Bonchev–Trinajstić information content (AvgIpc) is 3.01. The molecule has 25 heavy (non-hydrogen) atoms. The molecule has 140 valence electrons. The van der Waals surface area contributed by atoms with Crippen molar-refractivity contribution in [2.24, 2.45) is 11.8 Å². The molecule has 1 fully saturated rings. The monoisotopic (exact) mass is 410 g/mol. The molecule has 0 saturated carbocycles. The van der Waals surface area contributed by atoms with Crippen LogP contribution in [-0.4, -0.2) is 57.2 Å². The van der Waals surface area contributed by atoms with E-state index in [1.165, 1.54) is 5.69 Å². The number of carbonyl (C=O) groups excluding carboxylic acids is 1. The Morgan fingerprint density at radius 2 is 2.12 bits per heavy atom. The van der Waals surface area contributed by atoms with Gasteiger partial charge in [0.05, 0.1) is 0 Å². The van der Waals surface area contributed by atoms with Gasteiger partial charge in [0, 0.05) is 42.4 Å². The number of nitrogens with one attached hydrogen (secondary N) is 2. The van der Waals surface area contributed by atoms with Gasteiger partial charge in [-0.25, -0.2) is 4.79 Å². The second-order valence-corrected chi connectivity index (χ2v) is 8.36. The molecule has 1 aliphatic heterocycles. The Bertz CT molecular complexity index is 556. The molecule has 2 amide bonds. The third kappa shape index (κ3) is 6.19. The first kappa shape index (κ1) is 20.0. The van der Waals surface area contributed by atoms with E-state index in [-0.39, 0.29) is 6.03 Å². The number of hydrogen-bond donors (Lipinski definition) is 2. The molecular formula is C19H31BrN4O. The van der Waals surface area contributed by atoms with Gasteiger partial charge >= 0.3 is 6.03 Å². The second kappa shape index (κ2) is 9.43. The number of nitrogens with zero attached hydrogens (tertiary/aromatic N) is 2. The van der Waals surface area contributed by atoms with Crippen LogP contribution >= 0.6 is 15.9 Å². The predicted octanol–water partition coefficient (Wildman–Crippen LogP) is 3.16. The maximum Gasteiger partial charge on any atom is 0.314 e. The van der Waals surface area contributed by atoms with E-state index < -0.39 is 0 Å². The zero-order valence-corrected chi connectivity index (χ0v) is 17.3. The quantitative estimate of drug-likeness (QED) is 0.725. The summed E-state index contributed by atoms with van der Waals surface area (Å²) < 4.78 is 1.10. The van der Waals surface area contributed by atoms with Crippen LogP contribution < -0.4 is 15.5 Å². The van der Waals surface area contributed by atoms with Crippen molar-refractivity contribution in [3.63, 3.8) is 0 Å². The predicted molar refractivity (Wildman–Crippen MR) is 108 cm³/mol. The molecule has 2 N–H and O–H groups in total. The summed E-state index contributed by atoms with van der Waals surface area (Å²) in [5, 5.41) is 6.04. The van der Waals surface area contributed by atoms with Crippen LogP contribution in [0.25, 0.3) is 0 Å². The highest BCUT2D eigenvalue weighted by Crippen LogP contribution is 2.25. The van der Waals surface area contributed by atoms with Gasteiger partial charge in [-0.3, -0.25) is 0 Å². The zero-order valence-electron chi connectivity index (χ0n) is 15.8. The van der Waals surface area contributed by atoms with Crippen molar-refractivity contribution in [1.82, 2.24) is 15.5 Å². The Balaban J connectivity index is 1.72. The summed E-state index contributed by atoms with van der Waals surface area (Å²) in [6.45, 7) is 7.79. The van der Waals surface area contributed by atoms with Gasteiger partial charge in [-0.2, -0.15) is 0 Å². The minimum atomic E-state index is -0.0617. The largest absolute Gasteiger partial charge is 0.371 e. The van der Waals surface area contributed by atoms with Crippen LogP contribution in [-0.2, 0) is 0 Å². The molecule has 1 aromatic carbocycles. The first-order valence-corrected chi connectivity index (χ1v) is 9.84. The Hall–Kier alpha value is -1.27. The lowest BCUT2D eigenvalue weighted by Crippen LogP contribution is -2.47. The van der Waals surface area contributed by atoms with Gasteiger partial charge in [0.25, 0.3) is 0 Å². The number of likely N-dealkylation sites (N-methyl/N-ethyl adjacent to an activating group) is 1. The van der Waals surface area contributed by atoms with E-state index in [0.717, 1.165) is 30.5 Å². The van der Waals surface area contributed by atoms with Crippen LogP contribution in [0.2, 0.25) is 0 Å². The van der Waals surface area contributed by atoms with Crippen molar-refractivity contribution in [2.75, 3.05) is 45.2 Å². The lowest BCUT2D eigenvalue weighted by Gasteiger charge is -2.28. The second-order valence-electron chi connectivity index (χ2n) is 7.45. The van der Waals surface area contributed by atoms with Crippen molar-refractivity contribution in [2.45, 2.75) is 26.3 Å². The number of hydrogen-bond acceptors (Lipinski definition) is 3. The topological polar surface area (TPSA) is 47.6 Å². The molecule has 0 unspecified atom stereocenters. The molecule has 2 atom stereocenters. The lowest BCUT2D eigenvalue weighted by molar-refractivity contribution is 0.212. The third-order valence-corrected chi connectivity index (χ3v) is 5.41. The van der Waals surface area contributed by atoms with Crippen LogP contribution in [0.4, 0.5) is 10.5 Å². The molecule has 0 radical (unpaired) electrons. The minimum Gasteiger partial charge on any atom is -0.371 e. The summed E-state index contributed by atoms with van der Waals surface area (Å²) in [5.74, 6) is 1.00. The van der Waals surface area contributed by atoms with E-state index in [9.17, 15) is 4.79 Å². The lowest BCUT2D eigenvalue weighted by atomic mass is 10.0. The summed E-state index contributed by atoms with van der Waals surface area (Å²) in [6, 6.07) is 8.68. The molecule has 2 rings (SSSR count). The van der Waals surface area contributed by atoms with Crippen LogP contribution in [0.15, 0.2) is 28.7 Å².